The van der Waals surface area contributed by atoms with E-state index in [0.717, 1.165) is 16.2 Å². The zero-order valence-electron chi connectivity index (χ0n) is 9.86. The lowest BCUT2D eigenvalue weighted by atomic mass is 10.4. The van der Waals surface area contributed by atoms with Gasteiger partial charge in [0.25, 0.3) is 0 Å². The largest absolute Gasteiger partial charge is 0.465 e. The van der Waals surface area contributed by atoms with Crippen LogP contribution in [0.2, 0.25) is 0 Å². The quantitative estimate of drug-likeness (QED) is 0.489. The van der Waals surface area contributed by atoms with Gasteiger partial charge in [0.15, 0.2) is 0 Å². The molecule has 0 fully saturated rings. The topological polar surface area (TPSA) is 69.4 Å². The van der Waals surface area contributed by atoms with E-state index >= 15 is 0 Å². The number of benzene rings is 1. The highest BCUT2D eigenvalue weighted by Crippen LogP contribution is 2.40. The van der Waals surface area contributed by atoms with Crippen LogP contribution in [0.25, 0.3) is 0 Å². The molecule has 0 saturated carbocycles. The van der Waals surface area contributed by atoms with Gasteiger partial charge in [-0.25, -0.2) is 4.79 Å². The second kappa shape index (κ2) is 5.85. The summed E-state index contributed by atoms with van der Waals surface area (Å²) < 4.78 is 4.57. The molecule has 7 heteroatoms. The lowest BCUT2D eigenvalue weighted by Gasteiger charge is -1.97. The molecule has 0 unspecified atom stereocenters. The molecule has 0 bridgehead atoms. The number of methoxy groups -OCH3 is 1. The molecule has 0 saturated heterocycles. The van der Waals surface area contributed by atoms with Crippen LogP contribution in [0.15, 0.2) is 46.2 Å². The molecule has 1 aromatic carbocycles. The van der Waals surface area contributed by atoms with E-state index < -0.39 is 10.9 Å². The third kappa shape index (κ3) is 3.12. The summed E-state index contributed by atoms with van der Waals surface area (Å²) in [6, 6.07) is 10.8. The summed E-state index contributed by atoms with van der Waals surface area (Å²) in [6.45, 7) is 0. The number of rotatable bonds is 4. The van der Waals surface area contributed by atoms with Crippen LogP contribution in [0.3, 0.4) is 0 Å². The minimum atomic E-state index is -0.562. The van der Waals surface area contributed by atoms with Crippen LogP contribution in [0.1, 0.15) is 9.67 Å². The molecule has 1 heterocycles. The Kier molecular flexibility index (Phi) is 4.18. The van der Waals surface area contributed by atoms with Crippen molar-refractivity contribution in [2.75, 3.05) is 7.11 Å². The highest BCUT2D eigenvalue weighted by Gasteiger charge is 2.23. The summed E-state index contributed by atoms with van der Waals surface area (Å²) in [6.07, 6.45) is 0. The first-order chi connectivity index (χ1) is 9.11. The first-order valence-corrected chi connectivity index (χ1v) is 6.84. The fourth-order valence-corrected chi connectivity index (χ4v) is 3.38. The molecule has 0 aliphatic heterocycles. The van der Waals surface area contributed by atoms with E-state index in [1.807, 2.05) is 30.3 Å². The number of thiophene rings is 1. The molecule has 2 rings (SSSR count). The Morgan fingerprint density at radius 2 is 2.05 bits per heavy atom. The lowest BCUT2D eigenvalue weighted by molar-refractivity contribution is -0.382. The molecule has 0 radical (unpaired) electrons. The van der Waals surface area contributed by atoms with Crippen molar-refractivity contribution in [3.63, 3.8) is 0 Å². The Morgan fingerprint density at radius 1 is 1.37 bits per heavy atom. The van der Waals surface area contributed by atoms with E-state index in [-0.39, 0.29) is 9.88 Å². The molecule has 5 nitrogen and oxygen atoms in total. The molecule has 0 aliphatic rings. The van der Waals surface area contributed by atoms with Gasteiger partial charge in [-0.2, -0.15) is 0 Å². The Balaban J connectivity index is 2.36. The molecule has 1 aromatic heterocycles. The summed E-state index contributed by atoms with van der Waals surface area (Å²) in [5, 5.41) is 10.9. The highest BCUT2D eigenvalue weighted by molar-refractivity contribution is 7.99. The maximum Gasteiger partial charge on any atom is 0.348 e. The Hall–Kier alpha value is -1.86. The van der Waals surface area contributed by atoms with Crippen molar-refractivity contribution in [1.29, 1.82) is 0 Å². The average molecular weight is 295 g/mol. The highest BCUT2D eigenvalue weighted by atomic mass is 32.2. The Labute approximate surface area is 117 Å². The van der Waals surface area contributed by atoms with E-state index in [9.17, 15) is 14.9 Å². The van der Waals surface area contributed by atoms with Crippen molar-refractivity contribution < 1.29 is 14.5 Å². The van der Waals surface area contributed by atoms with Crippen LogP contribution in [0, 0.1) is 10.1 Å². The summed E-state index contributed by atoms with van der Waals surface area (Å²) >= 11 is 2.08. The second-order valence-corrected chi connectivity index (χ2v) is 5.59. The molecule has 0 aliphatic carbocycles. The van der Waals surface area contributed by atoms with Gasteiger partial charge in [-0.15, -0.1) is 0 Å². The minimum Gasteiger partial charge on any atom is -0.465 e. The number of hydrogen-bond acceptors (Lipinski definition) is 6. The fourth-order valence-electron chi connectivity index (χ4n) is 1.38. The SMILES string of the molecule is COC(=O)c1cc(Sc2ccccc2)c([N+](=O)[O-])s1. The molecular weight excluding hydrogens is 286 g/mol. The maximum absolute atomic E-state index is 11.4. The van der Waals surface area contributed by atoms with E-state index in [0.29, 0.717) is 4.90 Å². The number of nitro groups is 1. The number of esters is 1. The van der Waals surface area contributed by atoms with Crippen molar-refractivity contribution in [2.45, 2.75) is 9.79 Å². The zero-order valence-corrected chi connectivity index (χ0v) is 11.5. The van der Waals surface area contributed by atoms with Gasteiger partial charge < -0.3 is 4.74 Å². The Morgan fingerprint density at radius 3 is 2.63 bits per heavy atom. The smallest absolute Gasteiger partial charge is 0.348 e. The summed E-state index contributed by atoms with van der Waals surface area (Å²) in [5.74, 6) is -0.562. The number of nitrogens with zero attached hydrogens (tertiary/aromatic N) is 1. The third-order valence-corrected chi connectivity index (χ3v) is 4.44. The average Bonchev–Trinajstić information content (AvgIpc) is 2.83. The lowest BCUT2D eigenvalue weighted by Crippen LogP contribution is -1.96. The van der Waals surface area contributed by atoms with Crippen LogP contribution in [0.5, 0.6) is 0 Å². The predicted molar refractivity (Wildman–Crippen MR) is 72.9 cm³/mol. The summed E-state index contributed by atoms with van der Waals surface area (Å²) in [4.78, 5) is 23.5. The van der Waals surface area contributed by atoms with Gasteiger partial charge in [0.1, 0.15) is 9.77 Å². The van der Waals surface area contributed by atoms with Gasteiger partial charge >= 0.3 is 11.0 Å². The summed E-state index contributed by atoms with van der Waals surface area (Å²) in [7, 11) is 1.25. The van der Waals surface area contributed by atoms with Gasteiger partial charge in [0, 0.05) is 4.90 Å². The van der Waals surface area contributed by atoms with Gasteiger partial charge in [-0.3, -0.25) is 10.1 Å². The number of ether oxygens (including phenoxy) is 1. The molecule has 98 valence electrons. The predicted octanol–water partition coefficient (Wildman–Crippen LogP) is 3.59. The Bertz CT molecular complexity index is 609. The molecule has 19 heavy (non-hydrogen) atoms. The van der Waals surface area contributed by atoms with Gasteiger partial charge in [0.2, 0.25) is 0 Å². The van der Waals surface area contributed by atoms with Crippen LogP contribution >= 0.6 is 23.1 Å². The molecule has 0 N–H and O–H groups in total. The minimum absolute atomic E-state index is 0.0470. The standard InChI is InChI=1S/C12H9NO4S2/c1-17-12(14)10-7-9(11(19-10)13(15)16)18-8-5-3-2-4-6-8/h2-7H,1H3. The van der Waals surface area contributed by atoms with Crippen molar-refractivity contribution in [3.05, 3.63) is 51.4 Å². The van der Waals surface area contributed by atoms with Crippen LogP contribution in [0.4, 0.5) is 5.00 Å². The first kappa shape index (κ1) is 13.6. The maximum atomic E-state index is 11.4. The molecular formula is C12H9NO4S2. The van der Waals surface area contributed by atoms with E-state index in [2.05, 4.69) is 4.74 Å². The van der Waals surface area contributed by atoms with Crippen molar-refractivity contribution in [3.8, 4) is 0 Å². The van der Waals surface area contributed by atoms with Gasteiger partial charge in [0.05, 0.1) is 12.0 Å². The molecule has 0 amide bonds. The second-order valence-electron chi connectivity index (χ2n) is 3.44. The molecule has 2 aromatic rings. The van der Waals surface area contributed by atoms with Crippen molar-refractivity contribution >= 4 is 34.1 Å². The van der Waals surface area contributed by atoms with Crippen molar-refractivity contribution in [2.24, 2.45) is 0 Å². The number of carbonyl (C=O) groups excluding carboxylic acids is 1. The van der Waals surface area contributed by atoms with Crippen LogP contribution in [-0.2, 0) is 4.74 Å². The van der Waals surface area contributed by atoms with Crippen LogP contribution < -0.4 is 0 Å². The van der Waals surface area contributed by atoms with E-state index in [4.69, 9.17) is 0 Å². The normalized spacial score (nSPS) is 10.2. The van der Waals surface area contributed by atoms with Crippen molar-refractivity contribution in [1.82, 2.24) is 0 Å². The van der Waals surface area contributed by atoms with E-state index in [1.54, 1.807) is 0 Å². The fraction of sp³-hybridized carbons (Fsp3) is 0.0833. The zero-order chi connectivity index (χ0) is 13.8. The summed E-state index contributed by atoms with van der Waals surface area (Å²) in [5.41, 5.74) is 0. The number of carbonyl (C=O) groups is 1. The third-order valence-electron chi connectivity index (χ3n) is 2.20. The number of hydrogen-bond donors (Lipinski definition) is 0. The first-order valence-electron chi connectivity index (χ1n) is 5.21. The molecule has 0 atom stereocenters. The van der Waals surface area contributed by atoms with E-state index in [1.165, 1.54) is 24.9 Å². The van der Waals surface area contributed by atoms with Gasteiger partial charge in [-0.1, -0.05) is 41.3 Å². The van der Waals surface area contributed by atoms with Crippen LogP contribution in [-0.4, -0.2) is 18.0 Å². The molecule has 0 spiro atoms. The monoisotopic (exact) mass is 295 g/mol. The van der Waals surface area contributed by atoms with Gasteiger partial charge in [-0.05, 0) is 18.2 Å².